The molecule has 5 rings (SSSR count). The molecule has 0 unspecified atom stereocenters. The highest BCUT2D eigenvalue weighted by Crippen LogP contribution is 2.33. The van der Waals surface area contributed by atoms with E-state index < -0.39 is 0 Å². The van der Waals surface area contributed by atoms with Crippen LogP contribution < -0.4 is 4.74 Å². The van der Waals surface area contributed by atoms with E-state index in [0.29, 0.717) is 16.6 Å². The summed E-state index contributed by atoms with van der Waals surface area (Å²) in [6, 6.07) is 17.8. The summed E-state index contributed by atoms with van der Waals surface area (Å²) in [7, 11) is 0. The molecule has 1 saturated carbocycles. The van der Waals surface area contributed by atoms with E-state index in [0.717, 1.165) is 40.9 Å². The molecule has 2 heterocycles. The molecule has 0 radical (unpaired) electrons. The molecule has 150 valence electrons. The molecular weight excluding hydrogens is 416 g/mol. The lowest BCUT2D eigenvalue weighted by atomic mass is 10.1. The first-order chi connectivity index (χ1) is 14.7. The Morgan fingerprint density at radius 1 is 1.03 bits per heavy atom. The highest BCUT2D eigenvalue weighted by molar-refractivity contribution is 7.81. The van der Waals surface area contributed by atoms with Crippen LogP contribution in [-0.2, 0) is 0 Å². The van der Waals surface area contributed by atoms with Gasteiger partial charge in [-0.15, -0.1) is 0 Å². The molecule has 1 aliphatic rings. The molecule has 0 bridgehead atoms. The van der Waals surface area contributed by atoms with E-state index in [2.05, 4.69) is 9.97 Å². The highest BCUT2D eigenvalue weighted by atomic mass is 35.5. The molecule has 30 heavy (non-hydrogen) atoms. The van der Waals surface area contributed by atoms with E-state index in [-0.39, 0.29) is 5.28 Å². The summed E-state index contributed by atoms with van der Waals surface area (Å²) in [5.74, 6) is 1.50. The largest absolute Gasteiger partial charge is 0.457 e. The average molecular weight is 435 g/mol. The van der Waals surface area contributed by atoms with Crippen molar-refractivity contribution in [2.75, 3.05) is 0 Å². The van der Waals surface area contributed by atoms with Gasteiger partial charge in [-0.1, -0.05) is 55.4 Å². The second kappa shape index (κ2) is 8.13. The minimum atomic E-state index is 0.220. The van der Waals surface area contributed by atoms with Crippen molar-refractivity contribution >= 4 is 39.7 Å². The van der Waals surface area contributed by atoms with Gasteiger partial charge in [-0.05, 0) is 54.3 Å². The fourth-order valence-corrected chi connectivity index (χ4v) is 4.34. The number of halogens is 1. The van der Waals surface area contributed by atoms with Gasteiger partial charge >= 0.3 is 0 Å². The van der Waals surface area contributed by atoms with Crippen LogP contribution in [-0.4, -0.2) is 24.6 Å². The van der Waals surface area contributed by atoms with E-state index in [1.165, 1.54) is 12.8 Å². The van der Waals surface area contributed by atoms with Crippen molar-refractivity contribution in [3.8, 4) is 11.5 Å². The lowest BCUT2D eigenvalue weighted by molar-refractivity contribution is 0.478. The zero-order chi connectivity index (χ0) is 20.5. The van der Waals surface area contributed by atoms with Gasteiger partial charge in [-0.2, -0.15) is 10.1 Å². The second-order valence-electron chi connectivity index (χ2n) is 7.38. The number of hydrogen-bond acceptors (Lipinski definition) is 5. The van der Waals surface area contributed by atoms with Gasteiger partial charge in [0.05, 0.1) is 16.3 Å². The van der Waals surface area contributed by atoms with E-state index in [4.69, 9.17) is 33.7 Å². The van der Waals surface area contributed by atoms with E-state index in [1.54, 1.807) is 6.20 Å². The fraction of sp³-hybridized carbons (Fsp3) is 0.217. The third-order valence-corrected chi connectivity index (χ3v) is 5.99. The summed E-state index contributed by atoms with van der Waals surface area (Å²) >= 11 is 11.9. The minimum absolute atomic E-state index is 0.220. The normalized spacial score (nSPS) is 14.3. The number of thiocarbonyl (C=S) groups is 1. The van der Waals surface area contributed by atoms with Gasteiger partial charge in [-0.3, -0.25) is 0 Å². The maximum Gasteiger partial charge on any atom is 0.224 e. The summed E-state index contributed by atoms with van der Waals surface area (Å²) in [5, 5.41) is 5.92. The van der Waals surface area contributed by atoms with Crippen molar-refractivity contribution in [1.29, 1.82) is 0 Å². The molecule has 0 spiro atoms. The number of rotatable bonds is 5. The van der Waals surface area contributed by atoms with Crippen molar-refractivity contribution in [3.05, 3.63) is 77.3 Å². The third-order valence-electron chi connectivity index (χ3n) is 5.38. The van der Waals surface area contributed by atoms with Gasteiger partial charge in [-0.25, -0.2) is 9.67 Å². The van der Waals surface area contributed by atoms with Crippen LogP contribution in [0.1, 0.15) is 43.0 Å². The van der Waals surface area contributed by atoms with Crippen LogP contribution >= 0.6 is 23.8 Å². The number of ether oxygens (including phenoxy) is 1. The molecule has 5 nitrogen and oxygen atoms in total. The quantitative estimate of drug-likeness (QED) is 0.214. The lowest BCUT2D eigenvalue weighted by Gasteiger charge is -2.10. The maximum absolute atomic E-state index is 6.09. The predicted molar refractivity (Wildman–Crippen MR) is 122 cm³/mol. The number of para-hydroxylation sites is 1. The molecule has 4 aromatic rings. The Hall–Kier alpha value is -2.83. The van der Waals surface area contributed by atoms with Crippen molar-refractivity contribution in [2.45, 2.75) is 31.7 Å². The molecule has 0 atom stereocenters. The van der Waals surface area contributed by atoms with E-state index in [1.807, 2.05) is 59.3 Å². The van der Waals surface area contributed by atoms with Gasteiger partial charge < -0.3 is 4.74 Å². The molecular formula is C23H19ClN4OS. The molecule has 2 aromatic heterocycles. The molecule has 0 amide bonds. The van der Waals surface area contributed by atoms with E-state index >= 15 is 0 Å². The molecule has 1 aliphatic carbocycles. The summed E-state index contributed by atoms with van der Waals surface area (Å²) in [6.45, 7) is 0. The van der Waals surface area contributed by atoms with Crippen LogP contribution in [0.15, 0.2) is 60.8 Å². The highest BCUT2D eigenvalue weighted by Gasteiger charge is 2.25. The average Bonchev–Trinajstić information content (AvgIpc) is 3.42. The van der Waals surface area contributed by atoms with Crippen LogP contribution in [0, 0.1) is 0 Å². The topological polar surface area (TPSA) is 52.8 Å². The number of benzene rings is 2. The Morgan fingerprint density at radius 3 is 2.60 bits per heavy atom. The fourth-order valence-electron chi connectivity index (χ4n) is 3.94. The van der Waals surface area contributed by atoms with Gasteiger partial charge in [0.1, 0.15) is 17.2 Å². The summed E-state index contributed by atoms with van der Waals surface area (Å²) in [5.41, 5.74) is 2.32. The van der Waals surface area contributed by atoms with Crippen LogP contribution in [0.5, 0.6) is 11.5 Å². The van der Waals surface area contributed by atoms with Crippen LogP contribution in [0.4, 0.5) is 0 Å². The summed E-state index contributed by atoms with van der Waals surface area (Å²) in [6.07, 6.45) is 6.29. The van der Waals surface area contributed by atoms with Crippen molar-refractivity contribution < 1.29 is 4.74 Å². The summed E-state index contributed by atoms with van der Waals surface area (Å²) in [4.78, 5) is 9.27. The third kappa shape index (κ3) is 3.68. The first kappa shape index (κ1) is 19.2. The van der Waals surface area contributed by atoms with Crippen molar-refractivity contribution in [3.63, 3.8) is 0 Å². The van der Waals surface area contributed by atoms with Crippen LogP contribution in [0.2, 0.25) is 5.28 Å². The standard InChI is InChI=1S/C23H19ClN4OS/c24-23-25-14-19-20(27-28(22(19)26-23)16-8-4-5-9-16)21(30)15-7-6-12-18(13-15)29-17-10-2-1-3-11-17/h1-3,6-7,10-14,16H,4-5,8-9H2. The Labute approximate surface area is 184 Å². The molecule has 2 aromatic carbocycles. The minimum Gasteiger partial charge on any atom is -0.457 e. The van der Waals surface area contributed by atoms with Crippen molar-refractivity contribution in [1.82, 2.24) is 19.7 Å². The zero-order valence-electron chi connectivity index (χ0n) is 16.2. The van der Waals surface area contributed by atoms with Crippen LogP contribution in [0.3, 0.4) is 0 Å². The Kier molecular flexibility index (Phi) is 5.19. The van der Waals surface area contributed by atoms with Gasteiger partial charge in [0.25, 0.3) is 0 Å². The first-order valence-electron chi connectivity index (χ1n) is 9.97. The summed E-state index contributed by atoms with van der Waals surface area (Å²) < 4.78 is 7.96. The van der Waals surface area contributed by atoms with Crippen LogP contribution in [0.25, 0.3) is 11.0 Å². The number of hydrogen-bond donors (Lipinski definition) is 0. The predicted octanol–water partition coefficient (Wildman–Crippen LogP) is 6.15. The maximum atomic E-state index is 6.09. The Morgan fingerprint density at radius 2 is 1.80 bits per heavy atom. The second-order valence-corrected chi connectivity index (χ2v) is 8.13. The molecule has 0 N–H and O–H groups in total. The smallest absolute Gasteiger partial charge is 0.224 e. The Balaban J connectivity index is 1.53. The first-order valence-corrected chi connectivity index (χ1v) is 10.8. The molecule has 1 fully saturated rings. The Bertz CT molecular complexity index is 1220. The molecule has 0 saturated heterocycles. The molecule has 0 aliphatic heterocycles. The number of fused-ring (bicyclic) bond motifs is 1. The van der Waals surface area contributed by atoms with Gasteiger partial charge in [0.2, 0.25) is 5.28 Å². The van der Waals surface area contributed by atoms with Gasteiger partial charge in [0, 0.05) is 6.20 Å². The molecule has 7 heteroatoms. The number of aromatic nitrogens is 4. The van der Waals surface area contributed by atoms with Gasteiger partial charge in [0.15, 0.2) is 5.65 Å². The van der Waals surface area contributed by atoms with E-state index in [9.17, 15) is 0 Å². The monoisotopic (exact) mass is 434 g/mol. The SMILES string of the molecule is S=C(c1cccc(Oc2ccccc2)c1)c1nn(C2CCCC2)c2nc(Cl)ncc12. The zero-order valence-corrected chi connectivity index (χ0v) is 17.7. The van der Waals surface area contributed by atoms with Crippen molar-refractivity contribution in [2.24, 2.45) is 0 Å². The number of nitrogens with zero attached hydrogens (tertiary/aromatic N) is 4. The lowest BCUT2D eigenvalue weighted by Crippen LogP contribution is -2.09.